The summed E-state index contributed by atoms with van der Waals surface area (Å²) in [5.74, 6) is 2.08. The number of rotatable bonds is 4. The van der Waals surface area contributed by atoms with Crippen LogP contribution >= 0.6 is 0 Å². The van der Waals surface area contributed by atoms with E-state index in [0.29, 0.717) is 50.1 Å². The molecule has 154 valence electrons. The van der Waals surface area contributed by atoms with Crippen molar-refractivity contribution in [1.29, 1.82) is 0 Å². The van der Waals surface area contributed by atoms with Crippen molar-refractivity contribution in [3.8, 4) is 11.5 Å². The summed E-state index contributed by atoms with van der Waals surface area (Å²) in [5, 5.41) is 3.80. The van der Waals surface area contributed by atoms with Gasteiger partial charge in [0.05, 0.1) is 5.56 Å². The summed E-state index contributed by atoms with van der Waals surface area (Å²) in [4.78, 5) is 39.5. The first-order valence-electron chi connectivity index (χ1n) is 9.93. The highest BCUT2D eigenvalue weighted by Crippen LogP contribution is 2.38. The van der Waals surface area contributed by atoms with Crippen molar-refractivity contribution < 1.29 is 14.1 Å². The average Bonchev–Trinajstić information content (AvgIpc) is 3.22. The summed E-state index contributed by atoms with van der Waals surface area (Å²) in [5.41, 5.74) is 0.0394. The highest BCUT2D eigenvalue weighted by molar-refractivity contribution is 6.07. The summed E-state index contributed by atoms with van der Waals surface area (Å²) < 4.78 is 5.18. The first-order chi connectivity index (χ1) is 13.8. The molecule has 0 aromatic carbocycles. The van der Waals surface area contributed by atoms with Gasteiger partial charge >= 0.3 is 6.03 Å². The van der Waals surface area contributed by atoms with Gasteiger partial charge in [0.25, 0.3) is 11.8 Å². The Labute approximate surface area is 169 Å². The second-order valence-electron chi connectivity index (χ2n) is 8.22. The number of nitrogens with zero attached hydrogens (tertiary/aromatic N) is 6. The van der Waals surface area contributed by atoms with Gasteiger partial charge in [-0.3, -0.25) is 9.69 Å². The molecule has 0 N–H and O–H groups in total. The second-order valence-corrected chi connectivity index (χ2v) is 8.22. The van der Waals surface area contributed by atoms with E-state index < -0.39 is 5.54 Å². The number of amides is 3. The third-order valence-electron chi connectivity index (χ3n) is 5.72. The van der Waals surface area contributed by atoms with E-state index in [1.165, 1.54) is 4.90 Å². The molecule has 29 heavy (non-hydrogen) atoms. The number of aromatic nitrogens is 3. The monoisotopic (exact) mass is 398 g/mol. The largest absolute Gasteiger partial charge is 0.356 e. The maximum atomic E-state index is 12.9. The molecular formula is C20H26N6O3. The first-order valence-corrected chi connectivity index (χ1v) is 9.93. The van der Waals surface area contributed by atoms with E-state index in [0.717, 1.165) is 11.4 Å². The van der Waals surface area contributed by atoms with Crippen molar-refractivity contribution in [2.75, 3.05) is 31.6 Å². The third kappa shape index (κ3) is 3.24. The van der Waals surface area contributed by atoms with Crippen LogP contribution in [0.5, 0.6) is 0 Å². The number of urea groups is 1. The number of hydrogen-bond acceptors (Lipinski definition) is 7. The average molecular weight is 398 g/mol. The summed E-state index contributed by atoms with van der Waals surface area (Å²) >= 11 is 0. The lowest BCUT2D eigenvalue weighted by molar-refractivity contribution is -0.133. The molecule has 0 bridgehead atoms. The maximum Gasteiger partial charge on any atom is 0.327 e. The molecule has 0 radical (unpaired) electrons. The number of aryl methyl sites for hydroxylation is 1. The topological polar surface area (TPSA) is 95.7 Å². The number of pyridine rings is 1. The van der Waals surface area contributed by atoms with E-state index >= 15 is 0 Å². The molecule has 2 saturated heterocycles. The van der Waals surface area contributed by atoms with Crippen molar-refractivity contribution in [2.45, 2.75) is 39.2 Å². The van der Waals surface area contributed by atoms with Crippen LogP contribution in [0.25, 0.3) is 11.5 Å². The molecule has 0 aliphatic carbocycles. The van der Waals surface area contributed by atoms with Crippen LogP contribution in [0.1, 0.15) is 32.5 Å². The number of likely N-dealkylation sites (N-methyl/N-ethyl adjacent to an activating group) is 1. The quantitative estimate of drug-likeness (QED) is 0.729. The molecule has 0 unspecified atom stereocenters. The zero-order chi connectivity index (χ0) is 20.8. The van der Waals surface area contributed by atoms with Crippen LogP contribution in [0.4, 0.5) is 10.6 Å². The smallest absolute Gasteiger partial charge is 0.327 e. The van der Waals surface area contributed by atoms with E-state index in [1.807, 2.05) is 12.1 Å². The number of anilines is 1. The number of hydrogen-bond donors (Lipinski definition) is 0. The zero-order valence-corrected chi connectivity index (χ0v) is 17.3. The summed E-state index contributed by atoms with van der Waals surface area (Å²) in [6, 6.07) is 3.64. The van der Waals surface area contributed by atoms with Gasteiger partial charge in [-0.05, 0) is 37.8 Å². The van der Waals surface area contributed by atoms with Crippen molar-refractivity contribution in [1.82, 2.24) is 24.9 Å². The Hall–Kier alpha value is -2.97. The summed E-state index contributed by atoms with van der Waals surface area (Å²) in [7, 11) is 1.58. The van der Waals surface area contributed by atoms with Gasteiger partial charge in [0.1, 0.15) is 11.4 Å². The predicted octanol–water partition coefficient (Wildman–Crippen LogP) is 2.33. The Morgan fingerprint density at radius 1 is 1.21 bits per heavy atom. The van der Waals surface area contributed by atoms with E-state index in [-0.39, 0.29) is 11.9 Å². The van der Waals surface area contributed by atoms with Gasteiger partial charge in [0.15, 0.2) is 5.82 Å². The molecule has 2 aliphatic rings. The van der Waals surface area contributed by atoms with E-state index in [1.54, 1.807) is 25.1 Å². The van der Waals surface area contributed by atoms with Crippen LogP contribution in [-0.4, -0.2) is 69.1 Å². The van der Waals surface area contributed by atoms with Crippen LogP contribution in [0.2, 0.25) is 0 Å². The molecule has 2 aromatic heterocycles. The van der Waals surface area contributed by atoms with Crippen LogP contribution in [0, 0.1) is 12.8 Å². The maximum absolute atomic E-state index is 12.9. The van der Waals surface area contributed by atoms with Crippen LogP contribution in [0.3, 0.4) is 0 Å². The second kappa shape index (κ2) is 7.13. The Balaban J connectivity index is 1.50. The molecule has 1 spiro atoms. The number of carbonyl (C=O) groups excluding carboxylic acids is 2. The molecule has 9 nitrogen and oxygen atoms in total. The minimum absolute atomic E-state index is 0.0853. The van der Waals surface area contributed by atoms with Crippen LogP contribution < -0.4 is 4.90 Å². The first kappa shape index (κ1) is 19.4. The van der Waals surface area contributed by atoms with E-state index in [2.05, 4.69) is 33.9 Å². The Morgan fingerprint density at radius 2 is 1.93 bits per heavy atom. The number of imide groups is 1. The lowest BCUT2D eigenvalue weighted by Gasteiger charge is -2.43. The molecule has 2 fully saturated rings. The fraction of sp³-hybridized carbons (Fsp3) is 0.550. The normalized spacial score (nSPS) is 19.1. The highest BCUT2D eigenvalue weighted by atomic mass is 16.5. The van der Waals surface area contributed by atoms with Crippen molar-refractivity contribution in [3.05, 3.63) is 24.2 Å². The van der Waals surface area contributed by atoms with Crippen molar-refractivity contribution in [2.24, 2.45) is 5.92 Å². The molecule has 9 heteroatoms. The predicted molar refractivity (Wildman–Crippen MR) is 106 cm³/mol. The van der Waals surface area contributed by atoms with E-state index in [9.17, 15) is 9.59 Å². The molecule has 4 rings (SSSR count). The molecule has 3 amide bonds. The fourth-order valence-electron chi connectivity index (χ4n) is 4.20. The lowest BCUT2D eigenvalue weighted by Crippen LogP contribution is -2.57. The Kier molecular flexibility index (Phi) is 4.76. The molecule has 0 saturated carbocycles. The van der Waals surface area contributed by atoms with Gasteiger partial charge in [-0.2, -0.15) is 4.98 Å². The molecule has 0 atom stereocenters. The van der Waals surface area contributed by atoms with Gasteiger partial charge in [-0.1, -0.05) is 19.0 Å². The molecule has 2 aromatic rings. The molecule has 2 aliphatic heterocycles. The third-order valence-corrected chi connectivity index (χ3v) is 5.72. The summed E-state index contributed by atoms with van der Waals surface area (Å²) in [6.07, 6.45) is 2.91. The van der Waals surface area contributed by atoms with Gasteiger partial charge in [-0.25, -0.2) is 9.78 Å². The van der Waals surface area contributed by atoms with Crippen molar-refractivity contribution in [3.63, 3.8) is 0 Å². The fourth-order valence-corrected chi connectivity index (χ4v) is 4.20. The van der Waals surface area contributed by atoms with Crippen LogP contribution in [-0.2, 0) is 4.79 Å². The van der Waals surface area contributed by atoms with Crippen LogP contribution in [0.15, 0.2) is 22.9 Å². The van der Waals surface area contributed by atoms with Gasteiger partial charge < -0.3 is 14.3 Å². The SMILES string of the molecule is Cc1noc(-c2ccc(N3CCC4(CC3)C(=O)N(C)C(=O)N4CC(C)C)nc2)n1. The van der Waals surface area contributed by atoms with Gasteiger partial charge in [0, 0.05) is 32.9 Å². The lowest BCUT2D eigenvalue weighted by atomic mass is 9.85. The zero-order valence-electron chi connectivity index (χ0n) is 17.3. The molecule has 4 heterocycles. The highest BCUT2D eigenvalue weighted by Gasteiger charge is 2.56. The standard InChI is InChI=1S/C20H26N6O3/c1-13(2)12-26-19(28)24(4)18(27)20(26)7-9-25(10-8-20)16-6-5-15(11-21-16)17-22-14(3)23-29-17/h5-6,11,13H,7-10,12H2,1-4H3. The number of carbonyl (C=O) groups is 2. The Bertz CT molecular complexity index is 915. The minimum Gasteiger partial charge on any atom is -0.356 e. The van der Waals surface area contributed by atoms with E-state index in [4.69, 9.17) is 4.52 Å². The van der Waals surface area contributed by atoms with Gasteiger partial charge in [-0.15, -0.1) is 0 Å². The summed E-state index contributed by atoms with van der Waals surface area (Å²) in [6.45, 7) is 7.81. The van der Waals surface area contributed by atoms with Crippen molar-refractivity contribution >= 4 is 17.8 Å². The van der Waals surface area contributed by atoms with Gasteiger partial charge in [0.2, 0.25) is 0 Å². The number of piperidine rings is 1. The Morgan fingerprint density at radius 3 is 2.48 bits per heavy atom. The molecular weight excluding hydrogens is 372 g/mol. The minimum atomic E-state index is -0.728.